The third kappa shape index (κ3) is 1.78. The minimum Gasteiger partial charge on any atom is -0.467 e. The molecule has 0 bridgehead atoms. The first-order chi connectivity index (χ1) is 8.77. The third-order valence-electron chi connectivity index (χ3n) is 3.30. The summed E-state index contributed by atoms with van der Waals surface area (Å²) in [6.07, 6.45) is -0.287. The molecule has 1 atom stereocenters. The smallest absolute Gasteiger partial charge is 0.256 e. The minimum absolute atomic E-state index is 0.0494. The molecule has 94 valence electrons. The van der Waals surface area contributed by atoms with Gasteiger partial charge in [0.25, 0.3) is 5.91 Å². The summed E-state index contributed by atoms with van der Waals surface area (Å²) >= 11 is 0. The van der Waals surface area contributed by atoms with Gasteiger partial charge < -0.3 is 9.47 Å². The highest BCUT2D eigenvalue weighted by atomic mass is 16.6. The van der Waals surface area contributed by atoms with Crippen LogP contribution in [0.4, 0.5) is 0 Å². The van der Waals surface area contributed by atoms with E-state index in [2.05, 4.69) is 0 Å². The van der Waals surface area contributed by atoms with Gasteiger partial charge in [0.05, 0.1) is 12.2 Å². The quantitative estimate of drug-likeness (QED) is 0.755. The normalized spacial score (nSPS) is 23.7. The van der Waals surface area contributed by atoms with Crippen molar-refractivity contribution >= 4 is 11.7 Å². The number of morpholine rings is 1. The van der Waals surface area contributed by atoms with E-state index in [1.165, 1.54) is 0 Å². The van der Waals surface area contributed by atoms with Crippen molar-refractivity contribution in [2.75, 3.05) is 19.8 Å². The van der Waals surface area contributed by atoms with Crippen molar-refractivity contribution < 1.29 is 14.3 Å². The van der Waals surface area contributed by atoms with Crippen LogP contribution in [0.5, 0.6) is 0 Å². The third-order valence-corrected chi connectivity index (χ3v) is 3.30. The Hall–Kier alpha value is -1.81. The van der Waals surface area contributed by atoms with Gasteiger partial charge >= 0.3 is 0 Å². The van der Waals surface area contributed by atoms with Gasteiger partial charge in [0, 0.05) is 12.1 Å². The molecule has 1 aromatic rings. The second kappa shape index (κ2) is 4.46. The molecule has 0 saturated carbocycles. The van der Waals surface area contributed by atoms with Crippen molar-refractivity contribution in [3.05, 3.63) is 41.5 Å². The molecule has 1 fully saturated rings. The number of hydrogen-bond donors (Lipinski definition) is 0. The van der Waals surface area contributed by atoms with E-state index in [4.69, 9.17) is 9.47 Å². The molecule has 0 aromatic heterocycles. The lowest BCUT2D eigenvalue weighted by atomic mass is 10.1. The van der Waals surface area contributed by atoms with Crippen LogP contribution in [-0.4, -0.2) is 36.8 Å². The summed E-state index contributed by atoms with van der Waals surface area (Å²) in [5.41, 5.74) is 1.60. The van der Waals surface area contributed by atoms with Crippen LogP contribution in [0.25, 0.3) is 5.76 Å². The first-order valence-electron chi connectivity index (χ1n) is 6.09. The molecule has 0 aliphatic carbocycles. The number of fused-ring (bicyclic) bond motifs is 1. The molecule has 2 aliphatic heterocycles. The van der Waals surface area contributed by atoms with Crippen molar-refractivity contribution in [3.63, 3.8) is 0 Å². The Labute approximate surface area is 106 Å². The Bertz CT molecular complexity index is 495. The molecule has 1 saturated heterocycles. The predicted octanol–water partition coefficient (Wildman–Crippen LogP) is 1.63. The Morgan fingerprint density at radius 2 is 2.06 bits per heavy atom. The van der Waals surface area contributed by atoms with Gasteiger partial charge in [0.15, 0.2) is 6.23 Å². The average Bonchev–Trinajstić information content (AvgIpc) is 2.44. The summed E-state index contributed by atoms with van der Waals surface area (Å²) in [7, 11) is 0. The molecule has 2 heterocycles. The summed E-state index contributed by atoms with van der Waals surface area (Å²) in [6.45, 7) is 3.44. The first-order valence-corrected chi connectivity index (χ1v) is 6.09. The van der Waals surface area contributed by atoms with E-state index in [1.54, 1.807) is 4.90 Å². The van der Waals surface area contributed by atoms with E-state index >= 15 is 0 Å². The van der Waals surface area contributed by atoms with Crippen LogP contribution in [0.3, 0.4) is 0 Å². The first kappa shape index (κ1) is 11.3. The number of amides is 1. The topological polar surface area (TPSA) is 38.8 Å². The molecule has 0 spiro atoms. The zero-order valence-corrected chi connectivity index (χ0v) is 10.3. The van der Waals surface area contributed by atoms with Crippen molar-refractivity contribution in [2.24, 2.45) is 0 Å². The van der Waals surface area contributed by atoms with Gasteiger partial charge in [-0.05, 0) is 6.92 Å². The van der Waals surface area contributed by atoms with Crippen LogP contribution in [0.1, 0.15) is 12.5 Å². The van der Waals surface area contributed by atoms with Crippen LogP contribution >= 0.6 is 0 Å². The van der Waals surface area contributed by atoms with Crippen LogP contribution in [0.15, 0.2) is 35.9 Å². The highest BCUT2D eigenvalue weighted by Gasteiger charge is 2.36. The molecule has 3 rings (SSSR count). The van der Waals surface area contributed by atoms with Crippen LogP contribution in [-0.2, 0) is 14.3 Å². The summed E-state index contributed by atoms with van der Waals surface area (Å²) < 4.78 is 11.3. The summed E-state index contributed by atoms with van der Waals surface area (Å²) in [5.74, 6) is 0.723. The minimum atomic E-state index is -0.287. The molecule has 4 heteroatoms. The van der Waals surface area contributed by atoms with Crippen LogP contribution in [0, 0.1) is 0 Å². The molecular weight excluding hydrogens is 230 g/mol. The largest absolute Gasteiger partial charge is 0.467 e. The van der Waals surface area contributed by atoms with Gasteiger partial charge in [0.1, 0.15) is 12.4 Å². The Morgan fingerprint density at radius 3 is 2.83 bits per heavy atom. The summed E-state index contributed by atoms with van der Waals surface area (Å²) in [6, 6.07) is 9.72. The van der Waals surface area contributed by atoms with Gasteiger partial charge in [-0.3, -0.25) is 9.69 Å². The molecule has 2 aliphatic rings. The monoisotopic (exact) mass is 245 g/mol. The van der Waals surface area contributed by atoms with Crippen molar-refractivity contribution in [1.29, 1.82) is 0 Å². The lowest BCUT2D eigenvalue weighted by Gasteiger charge is -2.40. The van der Waals surface area contributed by atoms with Gasteiger partial charge in [-0.25, -0.2) is 0 Å². The summed E-state index contributed by atoms with van der Waals surface area (Å²) in [5, 5.41) is 0. The lowest BCUT2D eigenvalue weighted by Crippen LogP contribution is -2.52. The molecule has 1 aromatic carbocycles. The van der Waals surface area contributed by atoms with E-state index in [9.17, 15) is 4.79 Å². The standard InChI is InChI=1S/C14H15NO3/c1-10-13(11-5-3-2-4-6-11)18-12-9-17-8-7-15(12)14(10)16/h2-6,12H,7-9H2,1H3. The molecule has 0 N–H and O–H groups in total. The average molecular weight is 245 g/mol. The second-order valence-electron chi connectivity index (χ2n) is 4.47. The second-order valence-corrected chi connectivity index (χ2v) is 4.47. The van der Waals surface area contributed by atoms with Gasteiger partial charge in [0.2, 0.25) is 0 Å². The van der Waals surface area contributed by atoms with Crippen molar-refractivity contribution in [1.82, 2.24) is 4.90 Å². The van der Waals surface area contributed by atoms with Gasteiger partial charge in [-0.2, -0.15) is 0 Å². The number of nitrogens with zero attached hydrogens (tertiary/aromatic N) is 1. The molecule has 18 heavy (non-hydrogen) atoms. The number of carbonyl (C=O) groups excluding carboxylic acids is 1. The summed E-state index contributed by atoms with van der Waals surface area (Å²) in [4.78, 5) is 14.0. The maximum Gasteiger partial charge on any atom is 0.256 e. The van der Waals surface area contributed by atoms with E-state index in [-0.39, 0.29) is 12.1 Å². The van der Waals surface area contributed by atoms with Gasteiger partial charge in [-0.1, -0.05) is 30.3 Å². The van der Waals surface area contributed by atoms with Gasteiger partial charge in [-0.15, -0.1) is 0 Å². The predicted molar refractivity (Wildman–Crippen MR) is 66.4 cm³/mol. The number of rotatable bonds is 1. The Balaban J connectivity index is 1.99. The number of hydrogen-bond acceptors (Lipinski definition) is 3. The van der Waals surface area contributed by atoms with E-state index in [0.29, 0.717) is 31.1 Å². The number of carbonyl (C=O) groups is 1. The lowest BCUT2D eigenvalue weighted by molar-refractivity contribution is -0.156. The van der Waals surface area contributed by atoms with E-state index < -0.39 is 0 Å². The molecule has 1 unspecified atom stereocenters. The SMILES string of the molecule is CC1=C(c2ccccc2)OC2COCCN2C1=O. The number of benzene rings is 1. The van der Waals surface area contributed by atoms with Crippen molar-refractivity contribution in [2.45, 2.75) is 13.2 Å². The highest BCUT2D eigenvalue weighted by molar-refractivity contribution is 6.00. The maximum atomic E-state index is 12.3. The maximum absolute atomic E-state index is 12.3. The fraction of sp³-hybridized carbons (Fsp3) is 0.357. The zero-order valence-electron chi connectivity index (χ0n) is 10.3. The van der Waals surface area contributed by atoms with Crippen LogP contribution in [0.2, 0.25) is 0 Å². The van der Waals surface area contributed by atoms with E-state index in [0.717, 1.165) is 5.56 Å². The molecule has 1 amide bonds. The fourth-order valence-corrected chi connectivity index (χ4v) is 2.32. The Morgan fingerprint density at radius 1 is 1.28 bits per heavy atom. The van der Waals surface area contributed by atoms with E-state index in [1.807, 2.05) is 37.3 Å². The molecule has 4 nitrogen and oxygen atoms in total. The van der Waals surface area contributed by atoms with Crippen molar-refractivity contribution in [3.8, 4) is 0 Å². The number of ether oxygens (including phenoxy) is 2. The molecular formula is C14H15NO3. The zero-order chi connectivity index (χ0) is 12.5. The highest BCUT2D eigenvalue weighted by Crippen LogP contribution is 2.30. The Kier molecular flexibility index (Phi) is 2.80. The molecule has 0 radical (unpaired) electrons. The fourth-order valence-electron chi connectivity index (χ4n) is 2.32. The van der Waals surface area contributed by atoms with Crippen LogP contribution < -0.4 is 0 Å².